The number of hydrogen-bond donors (Lipinski definition) is 3. The van der Waals surface area contributed by atoms with Crippen molar-refractivity contribution in [3.05, 3.63) is 81.5 Å². The number of hydrogen-bond acceptors (Lipinski definition) is 5. The van der Waals surface area contributed by atoms with E-state index in [0.717, 1.165) is 6.07 Å². The number of ether oxygens (including phenoxy) is 1. The Morgan fingerprint density at radius 2 is 1.82 bits per heavy atom. The number of rotatable bonds is 10. The Hall–Kier alpha value is -4.19. The summed E-state index contributed by atoms with van der Waals surface area (Å²) in [5.74, 6) is -1.99. The normalized spacial score (nSPS) is 12.2. The van der Waals surface area contributed by atoms with Gasteiger partial charge in [-0.25, -0.2) is 4.39 Å². The Morgan fingerprint density at radius 3 is 2.45 bits per heavy atom. The largest absolute Gasteiger partial charge is 0.493 e. The maximum Gasteiger partial charge on any atom is 0.416 e. The summed E-state index contributed by atoms with van der Waals surface area (Å²) in [6.45, 7) is 4.05. The van der Waals surface area contributed by atoms with Gasteiger partial charge in [-0.2, -0.15) is 13.2 Å². The fraction of sp³-hybridized carbons (Fsp3) is 0.321. The zero-order valence-corrected chi connectivity index (χ0v) is 22.4. The van der Waals surface area contributed by atoms with Crippen molar-refractivity contribution in [1.82, 2.24) is 15.2 Å². The lowest BCUT2D eigenvalue weighted by molar-refractivity contribution is -0.137. The predicted molar refractivity (Wildman–Crippen MR) is 143 cm³/mol. The molecule has 0 spiro atoms. The predicted octanol–water partition coefficient (Wildman–Crippen LogP) is 4.46. The number of H-pyrrole nitrogens is 1. The monoisotopic (exact) mass is 562 g/mol. The van der Waals surface area contributed by atoms with E-state index < -0.39 is 35.8 Å². The number of halogens is 4. The summed E-state index contributed by atoms with van der Waals surface area (Å²) in [6, 6.07) is 7.79. The molecule has 0 saturated heterocycles. The number of aromatic nitrogens is 1. The Labute approximate surface area is 228 Å². The van der Waals surface area contributed by atoms with Crippen LogP contribution in [0.4, 0.5) is 23.2 Å². The molecule has 8 nitrogen and oxygen atoms in total. The van der Waals surface area contributed by atoms with Gasteiger partial charge in [-0.1, -0.05) is 12.1 Å². The number of alkyl halides is 3. The number of pyridine rings is 1. The number of amides is 2. The number of anilines is 1. The van der Waals surface area contributed by atoms with Crippen molar-refractivity contribution in [2.45, 2.75) is 32.5 Å². The van der Waals surface area contributed by atoms with Gasteiger partial charge < -0.3 is 25.3 Å². The van der Waals surface area contributed by atoms with E-state index in [2.05, 4.69) is 15.6 Å². The highest BCUT2D eigenvalue weighted by Gasteiger charge is 2.32. The number of likely N-dealkylation sites (N-methyl/N-ethyl adjacent to an activating group) is 1. The van der Waals surface area contributed by atoms with Gasteiger partial charge in [0.25, 0.3) is 11.5 Å². The maximum absolute atomic E-state index is 14.9. The molecule has 0 aliphatic heterocycles. The molecule has 2 amide bonds. The standard InChI is InChI=1S/C28H30F4N4O4/c1-5-40-24-13-25(37)33-15-22(24)17-6-7-18(23(29)10-17)11-26(38)35-21-9-19(8-20(12-21)28(30,31)32)27(39)34-14-16(2)36(3)4/h6-10,12-13,15-16H,5,11,14H2,1-4H3,(H,33,37)(H,34,39)(H,35,38)/t16-/m0/s1. The topological polar surface area (TPSA) is 104 Å². The molecule has 3 N–H and O–H groups in total. The average Bonchev–Trinajstić information content (AvgIpc) is 2.87. The fourth-order valence-corrected chi connectivity index (χ4v) is 3.71. The van der Waals surface area contributed by atoms with Crippen LogP contribution in [0.2, 0.25) is 0 Å². The first kappa shape index (κ1) is 30.4. The second-order valence-corrected chi connectivity index (χ2v) is 9.36. The molecule has 0 unspecified atom stereocenters. The van der Waals surface area contributed by atoms with E-state index >= 15 is 0 Å². The van der Waals surface area contributed by atoms with Crippen LogP contribution in [-0.2, 0) is 17.4 Å². The zero-order valence-electron chi connectivity index (χ0n) is 22.4. The van der Waals surface area contributed by atoms with Crippen LogP contribution in [0, 0.1) is 5.82 Å². The van der Waals surface area contributed by atoms with Crippen molar-refractivity contribution in [2.24, 2.45) is 0 Å². The van der Waals surface area contributed by atoms with Gasteiger partial charge in [0, 0.05) is 41.7 Å². The summed E-state index contributed by atoms with van der Waals surface area (Å²) in [5, 5.41) is 4.91. The van der Waals surface area contributed by atoms with Gasteiger partial charge in [0.2, 0.25) is 5.91 Å². The molecule has 1 heterocycles. The van der Waals surface area contributed by atoms with Gasteiger partial charge in [-0.3, -0.25) is 14.4 Å². The summed E-state index contributed by atoms with van der Waals surface area (Å²) in [4.78, 5) is 41.2. The van der Waals surface area contributed by atoms with Crippen LogP contribution in [-0.4, -0.2) is 55.0 Å². The van der Waals surface area contributed by atoms with E-state index in [-0.39, 0.29) is 47.3 Å². The third kappa shape index (κ3) is 7.92. The Balaban J connectivity index is 1.80. The number of carbonyl (C=O) groups is 2. The maximum atomic E-state index is 14.9. The third-order valence-electron chi connectivity index (χ3n) is 6.15. The summed E-state index contributed by atoms with van der Waals surface area (Å²) in [6.07, 6.45) is -3.86. The Morgan fingerprint density at radius 1 is 1.10 bits per heavy atom. The Bertz CT molecular complexity index is 1440. The molecule has 3 rings (SSSR count). The molecule has 0 aliphatic rings. The number of nitrogens with zero attached hydrogens (tertiary/aromatic N) is 1. The lowest BCUT2D eigenvalue weighted by Crippen LogP contribution is -2.38. The van der Waals surface area contributed by atoms with E-state index in [1.54, 1.807) is 21.0 Å². The Kier molecular flexibility index (Phi) is 9.69. The molecular weight excluding hydrogens is 532 g/mol. The van der Waals surface area contributed by atoms with Crippen LogP contribution in [0.1, 0.15) is 35.3 Å². The van der Waals surface area contributed by atoms with E-state index in [0.29, 0.717) is 23.3 Å². The van der Waals surface area contributed by atoms with Crippen molar-refractivity contribution < 1.29 is 31.9 Å². The molecule has 214 valence electrons. The summed E-state index contributed by atoms with van der Waals surface area (Å²) < 4.78 is 60.9. The number of aromatic amines is 1. The highest BCUT2D eigenvalue weighted by Crippen LogP contribution is 2.32. The molecule has 0 aliphatic carbocycles. The van der Waals surface area contributed by atoms with Gasteiger partial charge in [0.15, 0.2) is 0 Å². The molecule has 40 heavy (non-hydrogen) atoms. The number of nitrogens with one attached hydrogen (secondary N) is 3. The number of benzene rings is 2. The van der Waals surface area contributed by atoms with Crippen molar-refractivity contribution >= 4 is 17.5 Å². The minimum Gasteiger partial charge on any atom is -0.493 e. The molecule has 3 aromatic rings. The van der Waals surface area contributed by atoms with Gasteiger partial charge in [-0.15, -0.1) is 0 Å². The molecule has 0 bridgehead atoms. The third-order valence-corrected chi connectivity index (χ3v) is 6.15. The lowest BCUT2D eigenvalue weighted by Gasteiger charge is -2.20. The molecule has 2 aromatic carbocycles. The van der Waals surface area contributed by atoms with Crippen LogP contribution < -0.4 is 20.9 Å². The second-order valence-electron chi connectivity index (χ2n) is 9.36. The second kappa shape index (κ2) is 12.8. The van der Waals surface area contributed by atoms with Crippen molar-refractivity contribution in [2.75, 3.05) is 32.6 Å². The smallest absolute Gasteiger partial charge is 0.416 e. The van der Waals surface area contributed by atoms with Crippen molar-refractivity contribution in [1.29, 1.82) is 0 Å². The minimum absolute atomic E-state index is 0.00810. The molecular formula is C28H30F4N4O4. The molecule has 1 aromatic heterocycles. The van der Waals surface area contributed by atoms with Crippen LogP contribution in [0.3, 0.4) is 0 Å². The average molecular weight is 563 g/mol. The molecule has 1 atom stereocenters. The number of carbonyl (C=O) groups excluding carboxylic acids is 2. The van der Waals surface area contributed by atoms with Crippen molar-refractivity contribution in [3.8, 4) is 16.9 Å². The van der Waals surface area contributed by atoms with Gasteiger partial charge in [0.1, 0.15) is 11.6 Å². The molecule has 12 heteroatoms. The fourth-order valence-electron chi connectivity index (χ4n) is 3.71. The first-order valence-electron chi connectivity index (χ1n) is 12.4. The van der Waals surface area contributed by atoms with Crippen LogP contribution in [0.15, 0.2) is 53.5 Å². The van der Waals surface area contributed by atoms with Gasteiger partial charge >= 0.3 is 6.18 Å². The first-order valence-corrected chi connectivity index (χ1v) is 12.4. The van der Waals surface area contributed by atoms with Gasteiger partial charge in [0.05, 0.1) is 18.6 Å². The van der Waals surface area contributed by atoms with Crippen LogP contribution in [0.25, 0.3) is 11.1 Å². The summed E-state index contributed by atoms with van der Waals surface area (Å²) >= 11 is 0. The summed E-state index contributed by atoms with van der Waals surface area (Å²) in [5.41, 5.74) is -1.22. The van der Waals surface area contributed by atoms with Crippen LogP contribution in [0.5, 0.6) is 5.75 Å². The molecule has 0 radical (unpaired) electrons. The van der Waals surface area contributed by atoms with Gasteiger partial charge in [-0.05, 0) is 63.3 Å². The zero-order chi connectivity index (χ0) is 29.6. The minimum atomic E-state index is -4.77. The van der Waals surface area contributed by atoms with E-state index in [9.17, 15) is 31.9 Å². The quantitative estimate of drug-likeness (QED) is 0.317. The summed E-state index contributed by atoms with van der Waals surface area (Å²) in [7, 11) is 3.60. The van der Waals surface area contributed by atoms with E-state index in [1.807, 2.05) is 11.8 Å². The lowest BCUT2D eigenvalue weighted by atomic mass is 10.0. The van der Waals surface area contributed by atoms with Crippen molar-refractivity contribution in [3.63, 3.8) is 0 Å². The molecule has 0 fully saturated rings. The first-order chi connectivity index (χ1) is 18.8. The highest BCUT2D eigenvalue weighted by molar-refractivity contribution is 5.98. The van der Waals surface area contributed by atoms with Crippen LogP contribution >= 0.6 is 0 Å². The molecule has 0 saturated carbocycles. The SMILES string of the molecule is CCOc1cc(=O)[nH]cc1-c1ccc(CC(=O)Nc2cc(C(=O)NC[C@H](C)N(C)C)cc(C(F)(F)F)c2)c(F)c1. The highest BCUT2D eigenvalue weighted by atomic mass is 19.4. The van der Waals surface area contributed by atoms with E-state index in [4.69, 9.17) is 4.74 Å². The van der Waals surface area contributed by atoms with E-state index in [1.165, 1.54) is 30.5 Å².